The molecular weight excluding hydrogens is 252 g/mol. The van der Waals surface area contributed by atoms with E-state index in [1.165, 1.54) is 11.1 Å². The van der Waals surface area contributed by atoms with Gasteiger partial charge in [-0.25, -0.2) is 4.79 Å². The van der Waals surface area contributed by atoms with Crippen LogP contribution in [0.25, 0.3) is 0 Å². The van der Waals surface area contributed by atoms with E-state index in [-0.39, 0.29) is 11.6 Å². The van der Waals surface area contributed by atoms with E-state index in [1.54, 1.807) is 0 Å². The summed E-state index contributed by atoms with van der Waals surface area (Å²) in [7, 11) is 0. The van der Waals surface area contributed by atoms with E-state index in [0.29, 0.717) is 6.54 Å². The minimum Gasteiger partial charge on any atom is -0.444 e. The van der Waals surface area contributed by atoms with Crippen molar-refractivity contribution in [3.05, 3.63) is 35.4 Å². The molecule has 1 unspecified atom stereocenters. The van der Waals surface area contributed by atoms with Crippen LogP contribution in [0.4, 0.5) is 4.79 Å². The molecule has 110 valence electrons. The molecule has 2 N–H and O–H groups in total. The van der Waals surface area contributed by atoms with E-state index in [1.807, 2.05) is 20.8 Å². The zero-order valence-corrected chi connectivity index (χ0v) is 12.7. The SMILES string of the molecule is Cc1cccc(C2(CNC(=O)OC(C)(C)C)CCN2)c1. The van der Waals surface area contributed by atoms with Crippen molar-refractivity contribution in [2.45, 2.75) is 45.3 Å². The number of rotatable bonds is 3. The van der Waals surface area contributed by atoms with Crippen molar-refractivity contribution >= 4 is 6.09 Å². The van der Waals surface area contributed by atoms with E-state index in [2.05, 4.69) is 41.8 Å². The Balaban J connectivity index is 2.01. The molecule has 1 fully saturated rings. The number of hydrogen-bond acceptors (Lipinski definition) is 3. The van der Waals surface area contributed by atoms with Gasteiger partial charge in [0.25, 0.3) is 0 Å². The lowest BCUT2D eigenvalue weighted by Crippen LogP contribution is -2.60. The van der Waals surface area contributed by atoms with Crippen LogP contribution < -0.4 is 10.6 Å². The van der Waals surface area contributed by atoms with Crippen LogP contribution in [0.2, 0.25) is 0 Å². The Bertz CT molecular complexity index is 487. The number of alkyl carbamates (subject to hydrolysis) is 1. The fourth-order valence-corrected chi connectivity index (χ4v) is 2.41. The summed E-state index contributed by atoms with van der Waals surface area (Å²) in [4.78, 5) is 11.8. The first-order valence-electron chi connectivity index (χ1n) is 7.10. The van der Waals surface area contributed by atoms with Crippen molar-refractivity contribution < 1.29 is 9.53 Å². The summed E-state index contributed by atoms with van der Waals surface area (Å²) in [5, 5.41) is 6.33. The number of nitrogens with one attached hydrogen (secondary N) is 2. The number of carbonyl (C=O) groups is 1. The summed E-state index contributed by atoms with van der Waals surface area (Å²) < 4.78 is 5.28. The van der Waals surface area contributed by atoms with Crippen LogP contribution >= 0.6 is 0 Å². The van der Waals surface area contributed by atoms with Gasteiger partial charge in [0, 0.05) is 6.54 Å². The van der Waals surface area contributed by atoms with E-state index in [9.17, 15) is 4.79 Å². The average Bonchev–Trinajstić information content (AvgIpc) is 2.25. The van der Waals surface area contributed by atoms with Gasteiger partial charge in [-0.3, -0.25) is 0 Å². The lowest BCUT2D eigenvalue weighted by atomic mass is 9.80. The van der Waals surface area contributed by atoms with Gasteiger partial charge in [-0.05, 0) is 46.2 Å². The maximum Gasteiger partial charge on any atom is 0.407 e. The maximum atomic E-state index is 11.8. The fraction of sp³-hybridized carbons (Fsp3) is 0.562. The summed E-state index contributed by atoms with van der Waals surface area (Å²) >= 11 is 0. The standard InChI is InChI=1S/C16H24N2O2/c1-12-6-5-7-13(10-12)16(8-9-18-16)11-17-14(19)20-15(2,3)4/h5-7,10,18H,8-9,11H2,1-4H3,(H,17,19). The summed E-state index contributed by atoms with van der Waals surface area (Å²) in [6.07, 6.45) is 0.657. The Morgan fingerprint density at radius 3 is 2.65 bits per heavy atom. The second-order valence-electron chi connectivity index (χ2n) is 6.48. The highest BCUT2D eigenvalue weighted by molar-refractivity contribution is 5.67. The molecule has 0 saturated carbocycles. The van der Waals surface area contributed by atoms with Gasteiger partial charge < -0.3 is 15.4 Å². The molecule has 1 aromatic carbocycles. The number of ether oxygens (including phenoxy) is 1. The minimum absolute atomic E-state index is 0.150. The van der Waals surface area contributed by atoms with Crippen molar-refractivity contribution in [3.63, 3.8) is 0 Å². The van der Waals surface area contributed by atoms with E-state index in [0.717, 1.165) is 13.0 Å². The predicted octanol–water partition coefficient (Wildman–Crippen LogP) is 2.71. The van der Waals surface area contributed by atoms with Gasteiger partial charge in [0.1, 0.15) is 5.60 Å². The summed E-state index contributed by atoms with van der Waals surface area (Å²) in [5.74, 6) is 0. The van der Waals surface area contributed by atoms with Gasteiger partial charge in [-0.1, -0.05) is 29.8 Å². The maximum absolute atomic E-state index is 11.8. The van der Waals surface area contributed by atoms with Crippen LogP contribution in [0.15, 0.2) is 24.3 Å². The van der Waals surface area contributed by atoms with Gasteiger partial charge in [0.2, 0.25) is 0 Å². The normalized spacial score (nSPS) is 22.0. The molecule has 20 heavy (non-hydrogen) atoms. The second-order valence-corrected chi connectivity index (χ2v) is 6.48. The Morgan fingerprint density at radius 2 is 2.15 bits per heavy atom. The molecule has 0 aromatic heterocycles. The number of hydrogen-bond donors (Lipinski definition) is 2. The highest BCUT2D eigenvalue weighted by atomic mass is 16.6. The van der Waals surface area contributed by atoms with Crippen molar-refractivity contribution in [1.29, 1.82) is 0 Å². The first-order valence-corrected chi connectivity index (χ1v) is 7.10. The van der Waals surface area contributed by atoms with Crippen LogP contribution in [0.5, 0.6) is 0 Å². The molecule has 1 aromatic rings. The predicted molar refractivity (Wildman–Crippen MR) is 79.7 cm³/mol. The van der Waals surface area contributed by atoms with Gasteiger partial charge in [0.15, 0.2) is 0 Å². The van der Waals surface area contributed by atoms with Crippen molar-refractivity contribution in [3.8, 4) is 0 Å². The molecule has 0 bridgehead atoms. The van der Waals surface area contributed by atoms with Gasteiger partial charge >= 0.3 is 6.09 Å². The van der Waals surface area contributed by atoms with E-state index >= 15 is 0 Å². The second kappa shape index (κ2) is 5.44. The molecular formula is C16H24N2O2. The Kier molecular flexibility index (Phi) is 4.04. The lowest BCUT2D eigenvalue weighted by Gasteiger charge is -2.44. The Labute approximate surface area is 120 Å². The molecule has 1 heterocycles. The molecule has 0 radical (unpaired) electrons. The van der Waals surface area contributed by atoms with Crippen LogP contribution in [0, 0.1) is 6.92 Å². The molecule has 1 atom stereocenters. The van der Waals surface area contributed by atoms with Crippen molar-refractivity contribution in [2.24, 2.45) is 0 Å². The molecule has 2 rings (SSSR count). The highest BCUT2D eigenvalue weighted by Crippen LogP contribution is 2.31. The topological polar surface area (TPSA) is 50.4 Å². The largest absolute Gasteiger partial charge is 0.444 e. The summed E-state index contributed by atoms with van der Waals surface area (Å²) in [5.41, 5.74) is 1.84. The third-order valence-corrected chi connectivity index (χ3v) is 3.52. The first kappa shape index (κ1) is 14.9. The minimum atomic E-state index is -0.465. The third kappa shape index (κ3) is 3.51. The fourth-order valence-electron chi connectivity index (χ4n) is 2.41. The molecule has 4 heteroatoms. The molecule has 1 saturated heterocycles. The molecule has 4 nitrogen and oxygen atoms in total. The molecule has 1 amide bonds. The smallest absolute Gasteiger partial charge is 0.407 e. The monoisotopic (exact) mass is 276 g/mol. The average molecular weight is 276 g/mol. The first-order chi connectivity index (χ1) is 9.31. The summed E-state index contributed by atoms with van der Waals surface area (Å²) in [6.45, 7) is 9.20. The molecule has 0 aliphatic carbocycles. The molecule has 1 aliphatic rings. The zero-order chi connectivity index (χ0) is 14.8. The number of carbonyl (C=O) groups excluding carboxylic acids is 1. The van der Waals surface area contributed by atoms with Crippen molar-refractivity contribution in [2.75, 3.05) is 13.1 Å². The quantitative estimate of drug-likeness (QED) is 0.892. The third-order valence-electron chi connectivity index (χ3n) is 3.52. The van der Waals surface area contributed by atoms with Crippen molar-refractivity contribution in [1.82, 2.24) is 10.6 Å². The van der Waals surface area contributed by atoms with Crippen LogP contribution in [-0.2, 0) is 10.3 Å². The highest BCUT2D eigenvalue weighted by Gasteiger charge is 2.38. The zero-order valence-electron chi connectivity index (χ0n) is 12.7. The van der Waals surface area contributed by atoms with Gasteiger partial charge in [-0.15, -0.1) is 0 Å². The van der Waals surface area contributed by atoms with Crippen LogP contribution in [0.1, 0.15) is 38.3 Å². The molecule has 1 aliphatic heterocycles. The van der Waals surface area contributed by atoms with Gasteiger partial charge in [-0.2, -0.15) is 0 Å². The summed E-state index contributed by atoms with van der Waals surface area (Å²) in [6, 6.07) is 8.41. The van der Waals surface area contributed by atoms with Gasteiger partial charge in [0.05, 0.1) is 5.54 Å². The van der Waals surface area contributed by atoms with E-state index in [4.69, 9.17) is 4.74 Å². The molecule has 0 spiro atoms. The van der Waals surface area contributed by atoms with E-state index < -0.39 is 5.60 Å². The Hall–Kier alpha value is -1.55. The van der Waals surface area contributed by atoms with Crippen LogP contribution in [0.3, 0.4) is 0 Å². The number of amides is 1. The number of benzene rings is 1. The number of aryl methyl sites for hydroxylation is 1. The Morgan fingerprint density at radius 1 is 1.45 bits per heavy atom. The lowest BCUT2D eigenvalue weighted by molar-refractivity contribution is 0.0491. The van der Waals surface area contributed by atoms with Crippen LogP contribution in [-0.4, -0.2) is 24.8 Å².